The molecule has 1 N–H and O–H groups in total. The van der Waals surface area contributed by atoms with E-state index >= 15 is 0 Å². The molecule has 3 aromatic rings. The van der Waals surface area contributed by atoms with Crippen LogP contribution in [0.1, 0.15) is 60.5 Å². The van der Waals surface area contributed by atoms with E-state index < -0.39 is 0 Å². The number of aldehydes is 1. The van der Waals surface area contributed by atoms with Crippen LogP contribution in [0.4, 0.5) is 4.39 Å². The Kier molecular flexibility index (Phi) is 5.98. The second-order valence-corrected chi connectivity index (χ2v) is 7.72. The Morgan fingerprint density at radius 3 is 2.79 bits per heavy atom. The summed E-state index contributed by atoms with van der Waals surface area (Å²) in [6, 6.07) is 7.08. The zero-order valence-electron chi connectivity index (χ0n) is 17.5. The maximum absolute atomic E-state index is 13.4. The molecule has 0 bridgehead atoms. The number of aryl methyl sites for hydroxylation is 1. The van der Waals surface area contributed by atoms with Gasteiger partial charge in [0, 0.05) is 28.9 Å². The Labute approximate surface area is 170 Å². The number of halogens is 1. The maximum atomic E-state index is 13.4. The second kappa shape index (κ2) is 8.29. The number of nitrogens with zero attached hydrogens (tertiary/aromatic N) is 3. The molecule has 0 spiro atoms. The Morgan fingerprint density at radius 2 is 2.14 bits per heavy atom. The van der Waals surface area contributed by atoms with Crippen LogP contribution in [0.25, 0.3) is 5.65 Å². The summed E-state index contributed by atoms with van der Waals surface area (Å²) >= 11 is 0. The Hall–Kier alpha value is -2.80. The predicted molar refractivity (Wildman–Crippen MR) is 110 cm³/mol. The van der Waals surface area contributed by atoms with E-state index in [1.54, 1.807) is 12.4 Å². The second-order valence-electron chi connectivity index (χ2n) is 7.72. The number of hydrogen-bond acceptors (Lipinski definition) is 5. The minimum atomic E-state index is -0.274. The van der Waals surface area contributed by atoms with Crippen molar-refractivity contribution in [3.63, 3.8) is 0 Å². The Bertz CT molecular complexity index is 1030. The highest BCUT2D eigenvalue weighted by molar-refractivity contribution is 5.81. The molecule has 154 valence electrons. The third kappa shape index (κ3) is 4.00. The van der Waals surface area contributed by atoms with Crippen LogP contribution >= 0.6 is 0 Å². The number of hydrogen-bond donors (Lipinski definition) is 1. The van der Waals surface area contributed by atoms with Crippen LogP contribution in [-0.4, -0.2) is 34.3 Å². The number of nitrogens with one attached hydrogen (secondary N) is 1. The van der Waals surface area contributed by atoms with Crippen molar-refractivity contribution in [2.24, 2.45) is 0 Å². The Balaban J connectivity index is 0.000000166. The Morgan fingerprint density at radius 1 is 1.38 bits per heavy atom. The minimum absolute atomic E-state index is 0.171. The fourth-order valence-corrected chi connectivity index (χ4v) is 3.51. The summed E-state index contributed by atoms with van der Waals surface area (Å²) in [5.41, 5.74) is 3.82. The fourth-order valence-electron chi connectivity index (χ4n) is 3.51. The number of fused-ring (bicyclic) bond motifs is 2. The first kappa shape index (κ1) is 20.9. The molecule has 0 aliphatic carbocycles. The molecule has 29 heavy (non-hydrogen) atoms. The number of rotatable bonds is 3. The van der Waals surface area contributed by atoms with Gasteiger partial charge in [-0.15, -0.1) is 0 Å². The van der Waals surface area contributed by atoms with Crippen LogP contribution in [0.3, 0.4) is 0 Å². The number of para-hydroxylation sites is 1. The van der Waals surface area contributed by atoms with Gasteiger partial charge in [0.25, 0.3) is 0 Å². The molecule has 0 radical (unpaired) electrons. The molecule has 2 aromatic heterocycles. The van der Waals surface area contributed by atoms with Gasteiger partial charge < -0.3 is 10.1 Å². The van der Waals surface area contributed by atoms with Crippen LogP contribution in [0.2, 0.25) is 0 Å². The molecule has 1 unspecified atom stereocenters. The van der Waals surface area contributed by atoms with E-state index in [1.165, 1.54) is 6.07 Å². The maximum Gasteiger partial charge on any atom is 0.172 e. The highest BCUT2D eigenvalue weighted by Crippen LogP contribution is 2.37. The van der Waals surface area contributed by atoms with E-state index in [1.807, 2.05) is 30.5 Å². The summed E-state index contributed by atoms with van der Waals surface area (Å²) in [6.07, 6.45) is 3.26. The summed E-state index contributed by atoms with van der Waals surface area (Å²) in [6.45, 7) is 8.76. The van der Waals surface area contributed by atoms with Gasteiger partial charge in [0.05, 0.1) is 6.61 Å². The highest BCUT2D eigenvalue weighted by Gasteiger charge is 2.32. The zero-order valence-corrected chi connectivity index (χ0v) is 17.5. The van der Waals surface area contributed by atoms with E-state index in [4.69, 9.17) is 4.74 Å². The number of imidazole rings is 1. The lowest BCUT2D eigenvalue weighted by molar-refractivity contribution is 0.112. The zero-order chi connectivity index (χ0) is 21.2. The lowest BCUT2D eigenvalue weighted by Gasteiger charge is -2.35. The van der Waals surface area contributed by atoms with Crippen LogP contribution in [0.5, 0.6) is 5.75 Å². The molecule has 0 saturated heterocycles. The quantitative estimate of drug-likeness (QED) is 0.675. The van der Waals surface area contributed by atoms with Gasteiger partial charge in [0.2, 0.25) is 0 Å². The molecule has 3 heterocycles. The van der Waals surface area contributed by atoms with Crippen molar-refractivity contribution in [3.8, 4) is 5.75 Å². The van der Waals surface area contributed by atoms with Crippen molar-refractivity contribution in [1.29, 1.82) is 0 Å². The normalized spacial score (nSPS) is 18.0. The molecule has 4 rings (SSSR count). The third-order valence-electron chi connectivity index (χ3n) is 5.35. The summed E-state index contributed by atoms with van der Waals surface area (Å²) in [5, 5.41) is 3.22. The van der Waals surface area contributed by atoms with E-state index in [0.29, 0.717) is 29.6 Å². The molecule has 0 fully saturated rings. The van der Waals surface area contributed by atoms with E-state index in [2.05, 4.69) is 36.1 Å². The van der Waals surface area contributed by atoms with Crippen molar-refractivity contribution in [1.82, 2.24) is 19.7 Å². The van der Waals surface area contributed by atoms with Gasteiger partial charge in [-0.2, -0.15) is 0 Å². The minimum Gasteiger partial charge on any atom is -0.490 e. The summed E-state index contributed by atoms with van der Waals surface area (Å²) in [5.74, 6) is 0.502. The molecule has 6 nitrogen and oxygen atoms in total. The van der Waals surface area contributed by atoms with Gasteiger partial charge >= 0.3 is 0 Å². The lowest BCUT2D eigenvalue weighted by atomic mass is 9.86. The van der Waals surface area contributed by atoms with Crippen molar-refractivity contribution >= 4 is 11.9 Å². The van der Waals surface area contributed by atoms with Gasteiger partial charge in [-0.3, -0.25) is 9.20 Å². The number of benzene rings is 1. The summed E-state index contributed by atoms with van der Waals surface area (Å²) < 4.78 is 20.6. The first-order valence-corrected chi connectivity index (χ1v) is 9.71. The molecular weight excluding hydrogens is 371 g/mol. The van der Waals surface area contributed by atoms with Crippen LogP contribution in [0.15, 0.2) is 30.6 Å². The topological polar surface area (TPSA) is 68.5 Å². The standard InChI is InChI=1S/C11H14FNO.C11H13N3O/c1-11(13-2)6-7-14-10-8(11)4-3-5-9(10)12;1-7(2)10-4-8(3)13-11-9(5-15)12-6-14(10)11/h3-5,13H,6-7H2,1-2H3;4-7H,1-3H3. The van der Waals surface area contributed by atoms with Crippen LogP contribution in [0, 0.1) is 12.7 Å². The largest absolute Gasteiger partial charge is 0.490 e. The van der Waals surface area contributed by atoms with Crippen molar-refractivity contribution < 1.29 is 13.9 Å². The number of carbonyl (C=O) groups is 1. The van der Waals surface area contributed by atoms with Gasteiger partial charge in [0.1, 0.15) is 12.0 Å². The van der Waals surface area contributed by atoms with E-state index in [0.717, 1.165) is 29.7 Å². The molecule has 1 aromatic carbocycles. The number of carbonyl (C=O) groups excluding carboxylic acids is 1. The molecule has 0 amide bonds. The van der Waals surface area contributed by atoms with Gasteiger partial charge in [-0.05, 0) is 38.9 Å². The molecule has 0 saturated carbocycles. The van der Waals surface area contributed by atoms with Crippen molar-refractivity contribution in [3.05, 3.63) is 59.1 Å². The van der Waals surface area contributed by atoms with Crippen molar-refractivity contribution in [2.45, 2.75) is 45.6 Å². The van der Waals surface area contributed by atoms with Crippen LogP contribution < -0.4 is 10.1 Å². The first-order chi connectivity index (χ1) is 13.8. The average molecular weight is 398 g/mol. The summed E-state index contributed by atoms with van der Waals surface area (Å²) in [4.78, 5) is 19.1. The van der Waals surface area contributed by atoms with Gasteiger partial charge in [-0.25, -0.2) is 14.4 Å². The first-order valence-electron chi connectivity index (χ1n) is 9.71. The number of aromatic nitrogens is 3. The molecule has 1 atom stereocenters. The van der Waals surface area contributed by atoms with Crippen molar-refractivity contribution in [2.75, 3.05) is 13.7 Å². The molecular formula is C22H27FN4O2. The van der Waals surface area contributed by atoms with Gasteiger partial charge in [-0.1, -0.05) is 26.0 Å². The summed E-state index contributed by atoms with van der Waals surface area (Å²) in [7, 11) is 1.89. The fraction of sp³-hybridized carbons (Fsp3) is 0.409. The van der Waals surface area contributed by atoms with Crippen LogP contribution in [-0.2, 0) is 5.54 Å². The number of ether oxygens (including phenoxy) is 1. The monoisotopic (exact) mass is 398 g/mol. The SMILES string of the molecule is CNC1(C)CCOc2c(F)cccc21.Cc1cc(C(C)C)n2cnc(C=O)c2n1. The molecule has 1 aliphatic heterocycles. The average Bonchev–Trinajstić information content (AvgIpc) is 3.11. The highest BCUT2D eigenvalue weighted by atomic mass is 19.1. The van der Waals surface area contributed by atoms with E-state index in [9.17, 15) is 9.18 Å². The lowest BCUT2D eigenvalue weighted by Crippen LogP contribution is -2.41. The third-order valence-corrected chi connectivity index (χ3v) is 5.35. The van der Waals surface area contributed by atoms with Gasteiger partial charge in [0.15, 0.2) is 23.5 Å². The molecule has 1 aliphatic rings. The predicted octanol–water partition coefficient (Wildman–Crippen LogP) is 4.02. The molecule has 7 heteroatoms. The smallest absolute Gasteiger partial charge is 0.172 e. The van der Waals surface area contributed by atoms with E-state index in [-0.39, 0.29) is 11.4 Å².